The predicted molar refractivity (Wildman–Crippen MR) is 48.4 cm³/mol. The molecule has 0 saturated carbocycles. The van der Waals surface area contributed by atoms with Crippen molar-refractivity contribution in [2.75, 3.05) is 6.61 Å². The highest BCUT2D eigenvalue weighted by Gasteiger charge is 2.09. The second-order valence-corrected chi connectivity index (χ2v) is 2.94. The maximum atomic E-state index is 13.0. The van der Waals surface area contributed by atoms with Gasteiger partial charge in [0.05, 0.1) is 6.61 Å². The topological polar surface area (TPSA) is 29.5 Å². The number of phenolic OH excluding ortho intramolecular Hbond substituents is 1. The highest BCUT2D eigenvalue weighted by molar-refractivity contribution is 5.34. The van der Waals surface area contributed by atoms with Gasteiger partial charge in [0.25, 0.3) is 0 Å². The summed E-state index contributed by atoms with van der Waals surface area (Å²) in [7, 11) is 0. The fourth-order valence-electron chi connectivity index (χ4n) is 0.955. The zero-order valence-electron chi connectivity index (χ0n) is 7.89. The molecule has 0 aliphatic carbocycles. The third-order valence-corrected chi connectivity index (χ3v) is 1.76. The Balaban J connectivity index is 2.72. The summed E-state index contributed by atoms with van der Waals surface area (Å²) in [4.78, 5) is 0. The smallest absolute Gasteiger partial charge is 0.168 e. The Hall–Kier alpha value is -1.32. The third-order valence-electron chi connectivity index (χ3n) is 1.76. The second-order valence-electron chi connectivity index (χ2n) is 2.94. The van der Waals surface area contributed by atoms with E-state index in [4.69, 9.17) is 9.84 Å². The van der Waals surface area contributed by atoms with Crippen molar-refractivity contribution in [3.8, 4) is 11.5 Å². The van der Waals surface area contributed by atoms with Crippen LogP contribution in [0.4, 0.5) is 8.78 Å². The molecular weight excluding hydrogens is 190 g/mol. The number of unbranched alkanes of at least 4 members (excludes halogenated alkanes) is 1. The second kappa shape index (κ2) is 4.79. The summed E-state index contributed by atoms with van der Waals surface area (Å²) in [6.45, 7) is 2.33. The van der Waals surface area contributed by atoms with Crippen LogP contribution in [-0.2, 0) is 0 Å². The first-order chi connectivity index (χ1) is 6.65. The predicted octanol–water partition coefficient (Wildman–Crippen LogP) is 2.85. The number of phenols is 1. The van der Waals surface area contributed by atoms with Crippen molar-refractivity contribution >= 4 is 0 Å². The summed E-state index contributed by atoms with van der Waals surface area (Å²) in [6, 6.07) is 1.55. The van der Waals surface area contributed by atoms with E-state index in [2.05, 4.69) is 0 Å². The summed E-state index contributed by atoms with van der Waals surface area (Å²) in [5.41, 5.74) is 0. The summed E-state index contributed by atoms with van der Waals surface area (Å²) in [6.07, 6.45) is 1.71. The molecular formula is C10H12F2O2. The van der Waals surface area contributed by atoms with Gasteiger partial charge in [-0.3, -0.25) is 0 Å². The highest BCUT2D eigenvalue weighted by Crippen LogP contribution is 2.25. The van der Waals surface area contributed by atoms with Gasteiger partial charge in [0.2, 0.25) is 0 Å². The van der Waals surface area contributed by atoms with Crippen LogP contribution in [0, 0.1) is 11.6 Å². The zero-order chi connectivity index (χ0) is 10.6. The largest absolute Gasteiger partial charge is 0.505 e. The van der Waals surface area contributed by atoms with Crippen molar-refractivity contribution in [1.82, 2.24) is 0 Å². The molecule has 78 valence electrons. The molecule has 0 spiro atoms. The van der Waals surface area contributed by atoms with E-state index in [9.17, 15) is 8.78 Å². The lowest BCUT2D eigenvalue weighted by Crippen LogP contribution is -1.99. The van der Waals surface area contributed by atoms with Gasteiger partial charge in [0.1, 0.15) is 0 Å². The van der Waals surface area contributed by atoms with Crippen molar-refractivity contribution < 1.29 is 18.6 Å². The number of hydrogen-bond donors (Lipinski definition) is 1. The van der Waals surface area contributed by atoms with E-state index in [0.29, 0.717) is 12.7 Å². The number of halogens is 2. The maximum Gasteiger partial charge on any atom is 0.168 e. The van der Waals surface area contributed by atoms with Crippen LogP contribution in [0.3, 0.4) is 0 Å². The number of aromatic hydroxyl groups is 1. The minimum atomic E-state index is -0.981. The lowest BCUT2D eigenvalue weighted by molar-refractivity contribution is 0.290. The Bertz CT molecular complexity index is 313. The summed E-state index contributed by atoms with van der Waals surface area (Å²) < 4.78 is 30.6. The molecule has 14 heavy (non-hydrogen) atoms. The van der Waals surface area contributed by atoms with Gasteiger partial charge < -0.3 is 9.84 Å². The summed E-state index contributed by atoms with van der Waals surface area (Å²) in [5, 5.41) is 8.96. The van der Waals surface area contributed by atoms with E-state index in [1.807, 2.05) is 6.92 Å². The molecule has 1 aromatic carbocycles. The van der Waals surface area contributed by atoms with Crippen molar-refractivity contribution in [3.05, 3.63) is 23.8 Å². The van der Waals surface area contributed by atoms with Crippen LogP contribution >= 0.6 is 0 Å². The average molecular weight is 202 g/mol. The molecule has 0 atom stereocenters. The Morgan fingerprint density at radius 1 is 1.29 bits per heavy atom. The third kappa shape index (κ3) is 2.58. The van der Waals surface area contributed by atoms with Crippen LogP contribution < -0.4 is 4.74 Å². The van der Waals surface area contributed by atoms with E-state index in [1.54, 1.807) is 0 Å². The quantitative estimate of drug-likeness (QED) is 0.761. The monoisotopic (exact) mass is 202 g/mol. The van der Waals surface area contributed by atoms with E-state index in [0.717, 1.165) is 18.9 Å². The van der Waals surface area contributed by atoms with Crippen molar-refractivity contribution in [3.63, 3.8) is 0 Å². The fourth-order valence-corrected chi connectivity index (χ4v) is 0.955. The van der Waals surface area contributed by atoms with Gasteiger partial charge in [0.15, 0.2) is 23.1 Å². The molecule has 4 heteroatoms. The highest BCUT2D eigenvalue weighted by atomic mass is 19.1. The molecule has 1 rings (SSSR count). The molecule has 1 N–H and O–H groups in total. The molecule has 0 radical (unpaired) electrons. The fraction of sp³-hybridized carbons (Fsp3) is 0.400. The number of benzene rings is 1. The van der Waals surface area contributed by atoms with Crippen LogP contribution in [0.5, 0.6) is 11.5 Å². The van der Waals surface area contributed by atoms with Crippen molar-refractivity contribution in [2.24, 2.45) is 0 Å². The normalized spacial score (nSPS) is 10.2. The van der Waals surface area contributed by atoms with Gasteiger partial charge in [-0.15, -0.1) is 0 Å². The van der Waals surface area contributed by atoms with E-state index in [-0.39, 0.29) is 5.75 Å². The first kappa shape index (κ1) is 10.8. The molecule has 1 aromatic rings. The Morgan fingerprint density at radius 2 is 2.00 bits per heavy atom. The van der Waals surface area contributed by atoms with Gasteiger partial charge in [-0.25, -0.2) is 8.78 Å². The Kier molecular flexibility index (Phi) is 3.68. The minimum Gasteiger partial charge on any atom is -0.505 e. The number of hydrogen-bond acceptors (Lipinski definition) is 2. The molecule has 2 nitrogen and oxygen atoms in total. The van der Waals surface area contributed by atoms with Gasteiger partial charge in [0, 0.05) is 12.1 Å². The Morgan fingerprint density at radius 3 is 2.64 bits per heavy atom. The number of rotatable bonds is 4. The van der Waals surface area contributed by atoms with Crippen LogP contribution in [0.25, 0.3) is 0 Å². The van der Waals surface area contributed by atoms with Crippen molar-refractivity contribution in [2.45, 2.75) is 19.8 Å². The molecule has 0 aliphatic heterocycles. The van der Waals surface area contributed by atoms with E-state index >= 15 is 0 Å². The molecule has 0 saturated heterocycles. The molecule has 0 unspecified atom stereocenters. The van der Waals surface area contributed by atoms with Gasteiger partial charge in [-0.1, -0.05) is 13.3 Å². The maximum absolute atomic E-state index is 13.0. The Labute approximate surface area is 81.1 Å². The van der Waals surface area contributed by atoms with Gasteiger partial charge in [-0.2, -0.15) is 0 Å². The zero-order valence-corrected chi connectivity index (χ0v) is 7.89. The van der Waals surface area contributed by atoms with Crippen molar-refractivity contribution in [1.29, 1.82) is 0 Å². The molecule has 0 fully saturated rings. The van der Waals surface area contributed by atoms with E-state index < -0.39 is 17.4 Å². The molecule has 0 aliphatic rings. The average Bonchev–Trinajstić information content (AvgIpc) is 2.14. The molecule has 0 amide bonds. The summed E-state index contributed by atoms with van der Waals surface area (Å²) in [5.74, 6) is -2.49. The molecule has 0 heterocycles. The lowest BCUT2D eigenvalue weighted by Gasteiger charge is -2.06. The van der Waals surface area contributed by atoms with Gasteiger partial charge in [-0.05, 0) is 6.42 Å². The standard InChI is InChI=1S/C10H12F2O2/c1-2-3-4-14-10-6-9(13)7(11)5-8(10)12/h5-6,13H,2-4H2,1H3. The molecule has 0 bridgehead atoms. The number of ether oxygens (including phenoxy) is 1. The van der Waals surface area contributed by atoms with Crippen LogP contribution in [0.15, 0.2) is 12.1 Å². The minimum absolute atomic E-state index is 0.114. The van der Waals surface area contributed by atoms with Gasteiger partial charge >= 0.3 is 0 Å². The summed E-state index contributed by atoms with van der Waals surface area (Å²) >= 11 is 0. The first-order valence-corrected chi connectivity index (χ1v) is 4.46. The van der Waals surface area contributed by atoms with Crippen LogP contribution in [-0.4, -0.2) is 11.7 Å². The SMILES string of the molecule is CCCCOc1cc(O)c(F)cc1F. The molecule has 0 aromatic heterocycles. The first-order valence-electron chi connectivity index (χ1n) is 4.46. The van der Waals surface area contributed by atoms with Crippen LogP contribution in [0.1, 0.15) is 19.8 Å². The van der Waals surface area contributed by atoms with Crippen LogP contribution in [0.2, 0.25) is 0 Å². The van der Waals surface area contributed by atoms with E-state index in [1.165, 1.54) is 0 Å². The lowest BCUT2D eigenvalue weighted by atomic mass is 10.3.